The number of hydrogen-bond donors (Lipinski definition) is 1. The molecule has 1 amide bonds. The normalized spacial score (nSPS) is 10.4. The molecule has 0 unspecified atom stereocenters. The molecule has 4 nitrogen and oxygen atoms in total. The summed E-state index contributed by atoms with van der Waals surface area (Å²) in [4.78, 5) is 18.0. The van der Waals surface area contributed by atoms with Gasteiger partial charge in [0.1, 0.15) is 0 Å². The van der Waals surface area contributed by atoms with Crippen LogP contribution in [0.15, 0.2) is 29.6 Å². The van der Waals surface area contributed by atoms with Crippen LogP contribution < -0.4 is 5.32 Å². The molecule has 0 atom stereocenters. The van der Waals surface area contributed by atoms with Gasteiger partial charge in [-0.05, 0) is 18.1 Å². The number of carbonyl (C=O) groups is 1. The van der Waals surface area contributed by atoms with Crippen molar-refractivity contribution in [3.8, 4) is 0 Å². The number of aromatic nitrogens is 1. The van der Waals surface area contributed by atoms with Crippen LogP contribution in [0.1, 0.15) is 23.2 Å². The number of nitrogens with one attached hydrogen (secondary N) is 1. The highest BCUT2D eigenvalue weighted by molar-refractivity contribution is 7.09. The molecule has 21 heavy (non-hydrogen) atoms. The van der Waals surface area contributed by atoms with Crippen molar-refractivity contribution in [2.45, 2.75) is 26.3 Å². The largest absolute Gasteiger partial charge is 0.379 e. The number of nitrogens with zero attached hydrogens (tertiary/aromatic N) is 2. The van der Waals surface area contributed by atoms with Gasteiger partial charge in [0.05, 0.1) is 23.7 Å². The average Bonchev–Trinajstić information content (AvgIpc) is 2.94. The van der Waals surface area contributed by atoms with Crippen molar-refractivity contribution in [2.75, 3.05) is 19.4 Å². The van der Waals surface area contributed by atoms with Crippen LogP contribution in [0, 0.1) is 0 Å². The zero-order valence-corrected chi connectivity index (χ0v) is 13.5. The second-order valence-corrected chi connectivity index (χ2v) is 6.00. The molecule has 5 heteroatoms. The number of anilines is 1. The standard InChI is InChI=1S/C16H21N3OS/c1-4-15-18-13(11-21-15)10-17-14-8-6-5-7-12(14)9-16(20)19(2)3/h5-8,11,17H,4,9-10H2,1-3H3. The lowest BCUT2D eigenvalue weighted by molar-refractivity contribution is -0.127. The first-order valence-electron chi connectivity index (χ1n) is 7.05. The highest BCUT2D eigenvalue weighted by Gasteiger charge is 2.09. The van der Waals surface area contributed by atoms with Gasteiger partial charge in [-0.1, -0.05) is 25.1 Å². The van der Waals surface area contributed by atoms with Gasteiger partial charge in [0.2, 0.25) is 5.91 Å². The molecular formula is C16H21N3OS. The summed E-state index contributed by atoms with van der Waals surface area (Å²) in [6, 6.07) is 7.93. The second-order valence-electron chi connectivity index (χ2n) is 5.06. The van der Waals surface area contributed by atoms with E-state index in [1.54, 1.807) is 30.3 Å². The zero-order valence-electron chi connectivity index (χ0n) is 12.7. The molecule has 1 heterocycles. The molecule has 0 bridgehead atoms. The molecule has 0 aliphatic carbocycles. The zero-order chi connectivity index (χ0) is 15.2. The Balaban J connectivity index is 2.04. The molecule has 1 N–H and O–H groups in total. The molecule has 112 valence electrons. The van der Waals surface area contributed by atoms with Crippen molar-refractivity contribution in [2.24, 2.45) is 0 Å². The number of aryl methyl sites for hydroxylation is 1. The third-order valence-corrected chi connectivity index (χ3v) is 4.26. The third kappa shape index (κ3) is 4.29. The Hall–Kier alpha value is -1.88. The van der Waals surface area contributed by atoms with E-state index < -0.39 is 0 Å². The van der Waals surface area contributed by atoms with Crippen LogP contribution in [-0.2, 0) is 24.2 Å². The van der Waals surface area contributed by atoms with E-state index in [9.17, 15) is 4.79 Å². The van der Waals surface area contributed by atoms with E-state index >= 15 is 0 Å². The Morgan fingerprint density at radius 3 is 2.76 bits per heavy atom. The fraction of sp³-hybridized carbons (Fsp3) is 0.375. The molecule has 0 aliphatic rings. The first kappa shape index (κ1) is 15.5. The molecule has 1 aromatic heterocycles. The number of hydrogen-bond acceptors (Lipinski definition) is 4. The lowest BCUT2D eigenvalue weighted by atomic mass is 10.1. The van der Waals surface area contributed by atoms with Crippen molar-refractivity contribution in [1.82, 2.24) is 9.88 Å². The predicted molar refractivity (Wildman–Crippen MR) is 87.7 cm³/mol. The van der Waals surface area contributed by atoms with E-state index in [1.807, 2.05) is 24.3 Å². The van der Waals surface area contributed by atoms with E-state index in [0.717, 1.165) is 28.4 Å². The average molecular weight is 303 g/mol. The summed E-state index contributed by atoms with van der Waals surface area (Å²) in [5.74, 6) is 0.103. The van der Waals surface area contributed by atoms with Crippen molar-refractivity contribution < 1.29 is 4.79 Å². The van der Waals surface area contributed by atoms with E-state index in [1.165, 1.54) is 0 Å². The van der Waals surface area contributed by atoms with Gasteiger partial charge in [-0.15, -0.1) is 11.3 Å². The monoisotopic (exact) mass is 303 g/mol. The third-order valence-electron chi connectivity index (χ3n) is 3.22. The fourth-order valence-electron chi connectivity index (χ4n) is 1.95. The maximum Gasteiger partial charge on any atom is 0.226 e. The molecule has 0 radical (unpaired) electrons. The van der Waals surface area contributed by atoms with Gasteiger partial charge in [0, 0.05) is 25.2 Å². The first-order chi connectivity index (χ1) is 10.1. The summed E-state index contributed by atoms with van der Waals surface area (Å²) in [5, 5.41) is 6.62. The fourth-order valence-corrected chi connectivity index (χ4v) is 2.69. The van der Waals surface area contributed by atoms with Crippen LogP contribution in [0.2, 0.25) is 0 Å². The molecule has 0 saturated carbocycles. The van der Waals surface area contributed by atoms with Gasteiger partial charge >= 0.3 is 0 Å². The summed E-state index contributed by atoms with van der Waals surface area (Å²) >= 11 is 1.69. The number of amides is 1. The lowest BCUT2D eigenvalue weighted by Gasteiger charge is -2.14. The first-order valence-corrected chi connectivity index (χ1v) is 7.93. The molecule has 2 rings (SSSR count). The van der Waals surface area contributed by atoms with Gasteiger partial charge in [-0.2, -0.15) is 0 Å². The molecule has 0 saturated heterocycles. The topological polar surface area (TPSA) is 45.2 Å². The van der Waals surface area contributed by atoms with E-state index in [4.69, 9.17) is 0 Å². The summed E-state index contributed by atoms with van der Waals surface area (Å²) in [6.45, 7) is 2.79. The summed E-state index contributed by atoms with van der Waals surface area (Å²) in [7, 11) is 3.56. The van der Waals surface area contributed by atoms with Gasteiger partial charge in [0.15, 0.2) is 0 Å². The minimum atomic E-state index is 0.103. The van der Waals surface area contributed by atoms with Crippen LogP contribution in [0.4, 0.5) is 5.69 Å². The SMILES string of the molecule is CCc1nc(CNc2ccccc2CC(=O)N(C)C)cs1. The maximum atomic E-state index is 11.9. The van der Waals surface area contributed by atoms with Gasteiger partial charge in [0.25, 0.3) is 0 Å². The minimum absolute atomic E-state index is 0.103. The summed E-state index contributed by atoms with van der Waals surface area (Å²) < 4.78 is 0. The predicted octanol–water partition coefficient (Wildman–Crippen LogP) is 2.95. The number of carbonyl (C=O) groups excluding carboxylic acids is 1. The molecule has 0 fully saturated rings. The number of benzene rings is 1. The van der Waals surface area contributed by atoms with Crippen LogP contribution in [0.25, 0.3) is 0 Å². The second kappa shape index (κ2) is 7.22. The van der Waals surface area contributed by atoms with Gasteiger partial charge in [-0.25, -0.2) is 4.98 Å². The molecule has 1 aromatic carbocycles. The minimum Gasteiger partial charge on any atom is -0.379 e. The van der Waals surface area contributed by atoms with Crippen molar-refractivity contribution >= 4 is 22.9 Å². The van der Waals surface area contributed by atoms with E-state index in [0.29, 0.717) is 13.0 Å². The van der Waals surface area contributed by atoms with Crippen molar-refractivity contribution in [1.29, 1.82) is 0 Å². The molecule has 2 aromatic rings. The van der Waals surface area contributed by atoms with Crippen LogP contribution in [-0.4, -0.2) is 29.9 Å². The van der Waals surface area contributed by atoms with E-state index in [2.05, 4.69) is 22.6 Å². The van der Waals surface area contributed by atoms with Crippen molar-refractivity contribution in [3.05, 3.63) is 45.9 Å². The quantitative estimate of drug-likeness (QED) is 0.892. The molecular weight excluding hydrogens is 282 g/mol. The molecule has 0 spiro atoms. The highest BCUT2D eigenvalue weighted by Crippen LogP contribution is 2.18. The van der Waals surface area contributed by atoms with E-state index in [-0.39, 0.29) is 5.91 Å². The van der Waals surface area contributed by atoms with Gasteiger partial charge < -0.3 is 10.2 Å². The highest BCUT2D eigenvalue weighted by atomic mass is 32.1. The van der Waals surface area contributed by atoms with Crippen LogP contribution in [0.3, 0.4) is 0 Å². The van der Waals surface area contributed by atoms with Crippen LogP contribution >= 0.6 is 11.3 Å². The van der Waals surface area contributed by atoms with Crippen molar-refractivity contribution in [3.63, 3.8) is 0 Å². The number of likely N-dealkylation sites (N-methyl/N-ethyl adjacent to an activating group) is 1. The summed E-state index contributed by atoms with van der Waals surface area (Å²) in [6.07, 6.45) is 1.38. The number of thiazole rings is 1. The Labute approximate surface area is 129 Å². The molecule has 0 aliphatic heterocycles. The Morgan fingerprint density at radius 2 is 2.10 bits per heavy atom. The number of rotatable bonds is 6. The van der Waals surface area contributed by atoms with Crippen LogP contribution in [0.5, 0.6) is 0 Å². The Kier molecular flexibility index (Phi) is 5.33. The lowest BCUT2D eigenvalue weighted by Crippen LogP contribution is -2.23. The smallest absolute Gasteiger partial charge is 0.226 e. The van der Waals surface area contributed by atoms with Gasteiger partial charge in [-0.3, -0.25) is 4.79 Å². The maximum absolute atomic E-state index is 11.9. The Bertz CT molecular complexity index is 607. The Morgan fingerprint density at radius 1 is 1.33 bits per heavy atom. The number of para-hydroxylation sites is 1. The summed E-state index contributed by atoms with van der Waals surface area (Å²) in [5.41, 5.74) is 3.06.